The van der Waals surface area contributed by atoms with Gasteiger partial charge in [0.15, 0.2) is 0 Å². The molecular weight excluding hydrogens is 266 g/mol. The molecular formula is C13H15NO6. The summed E-state index contributed by atoms with van der Waals surface area (Å²) in [7, 11) is 0. The Bertz CT molecular complexity index is 525. The van der Waals surface area contributed by atoms with Gasteiger partial charge in [0.05, 0.1) is 24.0 Å². The van der Waals surface area contributed by atoms with Crippen LogP contribution < -0.4 is 5.32 Å². The van der Waals surface area contributed by atoms with Crippen molar-refractivity contribution in [1.29, 1.82) is 0 Å². The molecule has 0 aromatic heterocycles. The van der Waals surface area contributed by atoms with Crippen LogP contribution in [0.3, 0.4) is 0 Å². The normalized spacial score (nSPS) is 41.5. The standard InChI is InChI=1S/C13H15NO6/c1-5-2-9(20-13(5)18)19-4-7-6-3-8(15)11(16)10(6)14-12(7)17/h2,4,6,8-11,15-16H,3H2,1H3,(H,14,17)/b7-4+/t6-,8?,9+,10+,11?/m1/s1. The van der Waals surface area contributed by atoms with Crippen molar-refractivity contribution in [3.63, 3.8) is 0 Å². The van der Waals surface area contributed by atoms with E-state index < -0.39 is 30.5 Å². The molecule has 0 aromatic rings. The molecule has 2 aliphatic heterocycles. The Morgan fingerprint density at radius 2 is 2.20 bits per heavy atom. The molecule has 1 saturated heterocycles. The van der Waals surface area contributed by atoms with Crippen molar-refractivity contribution in [2.45, 2.75) is 37.9 Å². The van der Waals surface area contributed by atoms with Gasteiger partial charge < -0.3 is 25.0 Å². The Balaban J connectivity index is 1.72. The summed E-state index contributed by atoms with van der Waals surface area (Å²) in [5.74, 6) is -1.08. The summed E-state index contributed by atoms with van der Waals surface area (Å²) < 4.78 is 10.2. The Morgan fingerprint density at radius 1 is 1.45 bits per heavy atom. The van der Waals surface area contributed by atoms with Gasteiger partial charge in [-0.25, -0.2) is 4.79 Å². The highest BCUT2D eigenvalue weighted by atomic mass is 16.7. The molecule has 3 aliphatic rings. The van der Waals surface area contributed by atoms with E-state index in [1.54, 1.807) is 6.92 Å². The van der Waals surface area contributed by atoms with Crippen LogP contribution in [0, 0.1) is 5.92 Å². The molecule has 2 heterocycles. The number of carbonyl (C=O) groups excluding carboxylic acids is 2. The fourth-order valence-corrected chi connectivity index (χ4v) is 2.79. The van der Waals surface area contributed by atoms with Crippen LogP contribution in [0.15, 0.2) is 23.5 Å². The predicted octanol–water partition coefficient (Wildman–Crippen LogP) is -1.04. The van der Waals surface area contributed by atoms with Crippen LogP contribution in [0.4, 0.5) is 0 Å². The van der Waals surface area contributed by atoms with Crippen molar-refractivity contribution >= 4 is 11.9 Å². The van der Waals surface area contributed by atoms with Crippen molar-refractivity contribution in [1.82, 2.24) is 5.32 Å². The molecule has 20 heavy (non-hydrogen) atoms. The van der Waals surface area contributed by atoms with Gasteiger partial charge in [-0.2, -0.15) is 0 Å². The lowest BCUT2D eigenvalue weighted by Gasteiger charge is -2.13. The van der Waals surface area contributed by atoms with Crippen LogP contribution in [0.25, 0.3) is 0 Å². The maximum Gasteiger partial charge on any atom is 0.336 e. The Hall–Kier alpha value is -1.86. The Labute approximate surface area is 114 Å². The number of rotatable bonds is 2. The van der Waals surface area contributed by atoms with Gasteiger partial charge in [0.1, 0.15) is 6.10 Å². The van der Waals surface area contributed by atoms with E-state index >= 15 is 0 Å². The zero-order valence-corrected chi connectivity index (χ0v) is 10.8. The van der Waals surface area contributed by atoms with Crippen LogP contribution in [-0.2, 0) is 19.1 Å². The molecule has 3 rings (SSSR count). The number of carbonyl (C=O) groups is 2. The first-order chi connectivity index (χ1) is 9.47. The maximum atomic E-state index is 11.8. The van der Waals surface area contributed by atoms with Crippen molar-refractivity contribution < 1.29 is 29.3 Å². The predicted molar refractivity (Wildman–Crippen MR) is 64.9 cm³/mol. The summed E-state index contributed by atoms with van der Waals surface area (Å²) in [6.07, 6.45) is 0.388. The van der Waals surface area contributed by atoms with E-state index in [1.807, 2.05) is 0 Å². The van der Waals surface area contributed by atoms with Crippen molar-refractivity contribution in [2.75, 3.05) is 0 Å². The number of aliphatic hydroxyl groups is 2. The zero-order chi connectivity index (χ0) is 14.4. The van der Waals surface area contributed by atoms with Crippen LogP contribution >= 0.6 is 0 Å². The highest BCUT2D eigenvalue weighted by Gasteiger charge is 2.50. The molecule has 7 heteroatoms. The largest absolute Gasteiger partial charge is 0.458 e. The molecule has 3 N–H and O–H groups in total. The van der Waals surface area contributed by atoms with Crippen molar-refractivity contribution in [2.24, 2.45) is 5.92 Å². The first-order valence-corrected chi connectivity index (χ1v) is 6.39. The summed E-state index contributed by atoms with van der Waals surface area (Å²) in [5, 5.41) is 22.0. The fourth-order valence-electron chi connectivity index (χ4n) is 2.79. The van der Waals surface area contributed by atoms with Gasteiger partial charge in [0, 0.05) is 17.6 Å². The van der Waals surface area contributed by atoms with Crippen LogP contribution in [0.1, 0.15) is 13.3 Å². The van der Waals surface area contributed by atoms with Gasteiger partial charge >= 0.3 is 5.97 Å². The van der Waals surface area contributed by atoms with Gasteiger partial charge in [-0.1, -0.05) is 0 Å². The molecule has 1 amide bonds. The summed E-state index contributed by atoms with van der Waals surface area (Å²) in [6.45, 7) is 1.61. The summed E-state index contributed by atoms with van der Waals surface area (Å²) in [4.78, 5) is 23.0. The van der Waals surface area contributed by atoms with E-state index in [0.717, 1.165) is 0 Å². The van der Waals surface area contributed by atoms with Crippen molar-refractivity contribution in [3.8, 4) is 0 Å². The SMILES string of the molecule is CC1=C[C@@H](O/C=C2/C(=O)N[C@@H]3C(O)C(O)C[C@H]23)OC1=O. The molecule has 0 aromatic carbocycles. The number of esters is 1. The van der Waals surface area contributed by atoms with E-state index in [9.17, 15) is 19.8 Å². The fraction of sp³-hybridized carbons (Fsp3) is 0.538. The monoisotopic (exact) mass is 281 g/mol. The van der Waals surface area contributed by atoms with Gasteiger partial charge in [-0.15, -0.1) is 0 Å². The van der Waals surface area contributed by atoms with E-state index in [2.05, 4.69) is 5.32 Å². The molecule has 5 atom stereocenters. The number of nitrogens with one attached hydrogen (secondary N) is 1. The third-order valence-corrected chi connectivity index (χ3v) is 3.91. The minimum absolute atomic E-state index is 0.291. The number of hydrogen-bond donors (Lipinski definition) is 3. The van der Waals surface area contributed by atoms with E-state index in [4.69, 9.17) is 9.47 Å². The van der Waals surface area contributed by atoms with E-state index in [-0.39, 0.29) is 11.8 Å². The average Bonchev–Trinajstić information content (AvgIpc) is 2.96. The lowest BCUT2D eigenvalue weighted by Crippen LogP contribution is -2.39. The minimum Gasteiger partial charge on any atom is -0.458 e. The number of hydrogen-bond acceptors (Lipinski definition) is 6. The number of ether oxygens (including phenoxy) is 2. The molecule has 108 valence electrons. The summed E-state index contributed by atoms with van der Waals surface area (Å²) >= 11 is 0. The summed E-state index contributed by atoms with van der Waals surface area (Å²) in [6, 6.07) is -0.490. The van der Waals surface area contributed by atoms with E-state index in [1.165, 1.54) is 12.3 Å². The smallest absolute Gasteiger partial charge is 0.336 e. The van der Waals surface area contributed by atoms with Crippen LogP contribution in [-0.4, -0.2) is 46.6 Å². The molecule has 1 aliphatic carbocycles. The van der Waals surface area contributed by atoms with Gasteiger partial charge in [-0.3, -0.25) is 4.79 Å². The second-order valence-electron chi connectivity index (χ2n) is 5.23. The second kappa shape index (κ2) is 4.60. The molecule has 2 unspecified atom stereocenters. The highest BCUT2D eigenvalue weighted by molar-refractivity contribution is 5.97. The first-order valence-electron chi connectivity index (χ1n) is 6.39. The third kappa shape index (κ3) is 1.99. The molecule has 0 radical (unpaired) electrons. The number of amides is 1. The molecule has 7 nitrogen and oxygen atoms in total. The van der Waals surface area contributed by atoms with Crippen molar-refractivity contribution in [3.05, 3.63) is 23.5 Å². The molecule has 0 bridgehead atoms. The quantitative estimate of drug-likeness (QED) is 0.339. The Morgan fingerprint density at radius 3 is 2.85 bits per heavy atom. The Kier molecular flexibility index (Phi) is 3.02. The number of aliphatic hydroxyl groups excluding tert-OH is 2. The van der Waals surface area contributed by atoms with Crippen LogP contribution in [0.2, 0.25) is 0 Å². The lowest BCUT2D eigenvalue weighted by atomic mass is 9.99. The average molecular weight is 281 g/mol. The topological polar surface area (TPSA) is 105 Å². The van der Waals surface area contributed by atoms with Gasteiger partial charge in [0.2, 0.25) is 0 Å². The first kappa shape index (κ1) is 13.1. The number of fused-ring (bicyclic) bond motifs is 1. The molecule has 1 saturated carbocycles. The zero-order valence-electron chi connectivity index (χ0n) is 10.8. The minimum atomic E-state index is -0.971. The second-order valence-corrected chi connectivity index (χ2v) is 5.23. The molecule has 2 fully saturated rings. The summed E-state index contributed by atoms with van der Waals surface area (Å²) in [5.41, 5.74) is 0.800. The molecule has 0 spiro atoms. The van der Waals surface area contributed by atoms with Crippen LogP contribution in [0.5, 0.6) is 0 Å². The van der Waals surface area contributed by atoms with Gasteiger partial charge in [0.25, 0.3) is 12.2 Å². The number of cyclic esters (lactones) is 1. The van der Waals surface area contributed by atoms with E-state index in [0.29, 0.717) is 17.6 Å². The highest BCUT2D eigenvalue weighted by Crippen LogP contribution is 2.37. The lowest BCUT2D eigenvalue weighted by molar-refractivity contribution is -0.152. The maximum absolute atomic E-state index is 11.8. The third-order valence-electron chi connectivity index (χ3n) is 3.91. The van der Waals surface area contributed by atoms with Gasteiger partial charge in [-0.05, 0) is 13.3 Å².